The van der Waals surface area contributed by atoms with Crippen LogP contribution in [0.1, 0.15) is 0 Å². The summed E-state index contributed by atoms with van der Waals surface area (Å²) < 4.78 is 6.70. The Kier molecular flexibility index (Phi) is 3.21. The number of rotatable bonds is 2. The third-order valence-electron chi connectivity index (χ3n) is 3.96. The highest BCUT2D eigenvalue weighted by molar-refractivity contribution is 6.32. The molecule has 0 radical (unpaired) electrons. The van der Waals surface area contributed by atoms with Crippen molar-refractivity contribution in [2.75, 3.05) is 12.8 Å². The van der Waals surface area contributed by atoms with Crippen molar-refractivity contribution in [3.63, 3.8) is 0 Å². The Balaban J connectivity index is 2.12. The number of methoxy groups -OCH3 is 1. The van der Waals surface area contributed by atoms with Gasteiger partial charge in [-0.2, -0.15) is 5.10 Å². The minimum atomic E-state index is -0.286. The molecule has 7 heteroatoms. The molecule has 4 aromatic rings. The van der Waals surface area contributed by atoms with Crippen LogP contribution in [0.2, 0.25) is 5.02 Å². The number of halogens is 1. The minimum Gasteiger partial charge on any atom is -0.497 e. The third-order valence-corrected chi connectivity index (χ3v) is 4.28. The third kappa shape index (κ3) is 2.04. The Bertz CT molecular complexity index is 1150. The summed E-state index contributed by atoms with van der Waals surface area (Å²) in [5.74, 6) is 0.847. The fraction of sp³-hybridized carbons (Fsp3) is 0.0588. The van der Waals surface area contributed by atoms with Crippen LogP contribution in [0.5, 0.6) is 5.75 Å². The lowest BCUT2D eigenvalue weighted by molar-refractivity contribution is 0.414. The highest BCUT2D eigenvalue weighted by Crippen LogP contribution is 2.31. The molecule has 0 atom stereocenters. The maximum absolute atomic E-state index is 12.4. The average Bonchev–Trinajstić information content (AvgIpc) is 2.94. The van der Waals surface area contributed by atoms with Gasteiger partial charge in [0.1, 0.15) is 22.5 Å². The van der Waals surface area contributed by atoms with Crippen molar-refractivity contribution in [1.29, 1.82) is 0 Å². The van der Waals surface area contributed by atoms with Crippen molar-refractivity contribution < 1.29 is 4.74 Å². The van der Waals surface area contributed by atoms with E-state index in [0.717, 1.165) is 5.39 Å². The number of hydrogen-bond acceptors (Lipinski definition) is 4. The van der Waals surface area contributed by atoms with E-state index in [1.807, 2.05) is 24.3 Å². The second-order valence-corrected chi connectivity index (χ2v) is 5.74. The van der Waals surface area contributed by atoms with E-state index < -0.39 is 0 Å². The van der Waals surface area contributed by atoms with E-state index in [-0.39, 0.29) is 11.4 Å². The molecule has 0 spiro atoms. The minimum absolute atomic E-state index is 0.229. The summed E-state index contributed by atoms with van der Waals surface area (Å²) in [5.41, 5.74) is 7.71. The number of pyridine rings is 1. The number of aromatic amines is 1. The van der Waals surface area contributed by atoms with Crippen LogP contribution in [0.25, 0.3) is 27.5 Å². The van der Waals surface area contributed by atoms with Crippen LogP contribution < -0.4 is 16.0 Å². The first-order valence-corrected chi connectivity index (χ1v) is 7.61. The molecular formula is C17H13ClN4O2. The van der Waals surface area contributed by atoms with Crippen molar-refractivity contribution in [1.82, 2.24) is 14.8 Å². The zero-order chi connectivity index (χ0) is 16.8. The van der Waals surface area contributed by atoms with Gasteiger partial charge in [0.2, 0.25) is 0 Å². The Hall–Kier alpha value is -2.99. The van der Waals surface area contributed by atoms with E-state index in [1.165, 1.54) is 4.68 Å². The summed E-state index contributed by atoms with van der Waals surface area (Å²) >= 11 is 6.29. The zero-order valence-corrected chi connectivity index (χ0v) is 13.5. The first-order chi connectivity index (χ1) is 11.6. The van der Waals surface area contributed by atoms with Gasteiger partial charge in [0.05, 0.1) is 23.3 Å². The van der Waals surface area contributed by atoms with E-state index in [1.54, 1.807) is 25.3 Å². The maximum Gasteiger partial charge on any atom is 0.261 e. The topological polar surface area (TPSA) is 85.9 Å². The quantitative estimate of drug-likeness (QED) is 0.587. The number of ether oxygens (including phenoxy) is 1. The second kappa shape index (κ2) is 5.28. The van der Waals surface area contributed by atoms with E-state index in [0.29, 0.717) is 32.9 Å². The molecule has 0 amide bonds. The molecule has 0 aliphatic rings. The summed E-state index contributed by atoms with van der Waals surface area (Å²) in [6.45, 7) is 0. The molecule has 0 aliphatic heterocycles. The van der Waals surface area contributed by atoms with Crippen molar-refractivity contribution in [2.45, 2.75) is 0 Å². The highest BCUT2D eigenvalue weighted by atomic mass is 35.5. The lowest BCUT2D eigenvalue weighted by atomic mass is 10.1. The Morgan fingerprint density at radius 2 is 2.04 bits per heavy atom. The van der Waals surface area contributed by atoms with Crippen molar-refractivity contribution in [3.05, 3.63) is 57.8 Å². The number of nitrogens with one attached hydrogen (secondary N) is 1. The van der Waals surface area contributed by atoms with Gasteiger partial charge in [0.15, 0.2) is 0 Å². The molecule has 4 rings (SSSR count). The van der Waals surface area contributed by atoms with Crippen LogP contribution in [0.3, 0.4) is 0 Å². The van der Waals surface area contributed by atoms with Gasteiger partial charge in [-0.15, -0.1) is 0 Å². The molecule has 3 N–H and O–H groups in total. The molecule has 120 valence electrons. The molecule has 24 heavy (non-hydrogen) atoms. The summed E-state index contributed by atoms with van der Waals surface area (Å²) in [6, 6.07) is 12.6. The summed E-state index contributed by atoms with van der Waals surface area (Å²) in [7, 11) is 1.56. The molecule has 0 saturated heterocycles. The molecule has 0 unspecified atom stereocenters. The van der Waals surface area contributed by atoms with Crippen LogP contribution in [-0.4, -0.2) is 21.9 Å². The predicted octanol–water partition coefficient (Wildman–Crippen LogP) is 3.11. The Morgan fingerprint density at radius 3 is 2.83 bits per heavy atom. The average molecular weight is 341 g/mol. The van der Waals surface area contributed by atoms with Gasteiger partial charge >= 0.3 is 0 Å². The standard InChI is InChI=1S/C17H13ClN4O2/c1-24-9-6-7-11(18)13(8-9)22-16(19)14-15(21-22)10-4-2-3-5-12(10)20-17(14)23/h2-8H,19H2,1H3,(H,20,23). The molecule has 0 aliphatic carbocycles. The van der Waals surface area contributed by atoms with Gasteiger partial charge < -0.3 is 15.5 Å². The van der Waals surface area contributed by atoms with Gasteiger partial charge in [0, 0.05) is 11.5 Å². The highest BCUT2D eigenvalue weighted by Gasteiger charge is 2.18. The fourth-order valence-electron chi connectivity index (χ4n) is 2.79. The SMILES string of the molecule is COc1ccc(Cl)c(-n2nc3c(c2N)c(=O)[nH]c2ccccc23)c1. The number of nitrogens with two attached hydrogens (primary N) is 1. The van der Waals surface area contributed by atoms with Gasteiger partial charge in [-0.05, 0) is 18.2 Å². The van der Waals surface area contributed by atoms with Gasteiger partial charge in [0.25, 0.3) is 5.56 Å². The van der Waals surface area contributed by atoms with Crippen LogP contribution in [0, 0.1) is 0 Å². The zero-order valence-electron chi connectivity index (χ0n) is 12.7. The molecule has 2 aromatic carbocycles. The van der Waals surface area contributed by atoms with E-state index >= 15 is 0 Å². The van der Waals surface area contributed by atoms with Crippen molar-refractivity contribution in [3.8, 4) is 11.4 Å². The van der Waals surface area contributed by atoms with Crippen LogP contribution in [0.15, 0.2) is 47.3 Å². The summed E-state index contributed by atoms with van der Waals surface area (Å²) in [5, 5.41) is 6.15. The fourth-order valence-corrected chi connectivity index (χ4v) is 2.99. The molecular weight excluding hydrogens is 328 g/mol. The van der Waals surface area contributed by atoms with E-state index in [9.17, 15) is 4.79 Å². The van der Waals surface area contributed by atoms with Crippen LogP contribution in [-0.2, 0) is 0 Å². The Labute approximate surface area is 141 Å². The molecule has 2 heterocycles. The number of H-pyrrole nitrogens is 1. The van der Waals surface area contributed by atoms with Crippen LogP contribution >= 0.6 is 11.6 Å². The Morgan fingerprint density at radius 1 is 1.25 bits per heavy atom. The number of nitrogens with zero attached hydrogens (tertiary/aromatic N) is 2. The largest absolute Gasteiger partial charge is 0.497 e. The van der Waals surface area contributed by atoms with Gasteiger partial charge in [-0.25, -0.2) is 4.68 Å². The molecule has 0 fully saturated rings. The molecule has 0 saturated carbocycles. The molecule has 2 aromatic heterocycles. The van der Waals surface area contributed by atoms with Crippen molar-refractivity contribution >= 4 is 39.2 Å². The number of benzene rings is 2. The first-order valence-electron chi connectivity index (χ1n) is 7.23. The number of anilines is 1. The lowest BCUT2D eigenvalue weighted by Gasteiger charge is -2.08. The second-order valence-electron chi connectivity index (χ2n) is 5.34. The lowest BCUT2D eigenvalue weighted by Crippen LogP contribution is -2.08. The smallest absolute Gasteiger partial charge is 0.261 e. The monoisotopic (exact) mass is 340 g/mol. The maximum atomic E-state index is 12.4. The normalized spacial score (nSPS) is 11.2. The number of aromatic nitrogens is 3. The predicted molar refractivity (Wildman–Crippen MR) is 95.2 cm³/mol. The summed E-state index contributed by atoms with van der Waals surface area (Å²) in [4.78, 5) is 15.2. The van der Waals surface area contributed by atoms with E-state index in [4.69, 9.17) is 22.1 Å². The van der Waals surface area contributed by atoms with E-state index in [2.05, 4.69) is 10.1 Å². The molecule has 0 bridgehead atoms. The summed E-state index contributed by atoms with van der Waals surface area (Å²) in [6.07, 6.45) is 0. The number of nitrogen functional groups attached to an aromatic ring is 1. The first kappa shape index (κ1) is 14.6. The van der Waals surface area contributed by atoms with Crippen molar-refractivity contribution in [2.24, 2.45) is 0 Å². The number of hydrogen-bond donors (Lipinski definition) is 2. The number of fused-ring (bicyclic) bond motifs is 3. The van der Waals surface area contributed by atoms with Gasteiger partial charge in [-0.3, -0.25) is 4.79 Å². The van der Waals surface area contributed by atoms with Gasteiger partial charge in [-0.1, -0.05) is 29.8 Å². The molecule has 6 nitrogen and oxygen atoms in total. The number of para-hydroxylation sites is 1. The van der Waals surface area contributed by atoms with Crippen LogP contribution in [0.4, 0.5) is 5.82 Å².